The van der Waals surface area contributed by atoms with Gasteiger partial charge in [0.05, 0.1) is 5.56 Å². The number of aromatic nitrogens is 2. The maximum absolute atomic E-state index is 11.8. The van der Waals surface area contributed by atoms with Gasteiger partial charge < -0.3 is 11.1 Å². The van der Waals surface area contributed by atoms with Gasteiger partial charge in [0.25, 0.3) is 5.91 Å². The molecule has 0 aromatic carbocycles. The molecule has 1 amide bonds. The molecule has 1 saturated carbocycles. The third-order valence-corrected chi connectivity index (χ3v) is 3.54. The number of carbonyl (C=O) groups excluding carboxylic acids is 1. The van der Waals surface area contributed by atoms with Crippen LogP contribution >= 0.6 is 0 Å². The van der Waals surface area contributed by atoms with Crippen molar-refractivity contribution in [1.82, 2.24) is 15.3 Å². The van der Waals surface area contributed by atoms with Crippen LogP contribution < -0.4 is 11.1 Å². The molecule has 17 heavy (non-hydrogen) atoms. The summed E-state index contributed by atoms with van der Waals surface area (Å²) >= 11 is 0. The summed E-state index contributed by atoms with van der Waals surface area (Å²) in [6.45, 7) is 1.29. The highest BCUT2D eigenvalue weighted by Crippen LogP contribution is 2.36. The van der Waals surface area contributed by atoms with Gasteiger partial charge in [-0.25, -0.2) is 9.97 Å². The van der Waals surface area contributed by atoms with Crippen LogP contribution in [0.4, 0.5) is 0 Å². The molecule has 0 radical (unpaired) electrons. The van der Waals surface area contributed by atoms with Crippen LogP contribution in [-0.2, 0) is 0 Å². The molecule has 2 rings (SSSR count). The number of hydrogen-bond acceptors (Lipinski definition) is 4. The van der Waals surface area contributed by atoms with Gasteiger partial charge in [0.1, 0.15) is 6.33 Å². The summed E-state index contributed by atoms with van der Waals surface area (Å²) in [7, 11) is 0. The van der Waals surface area contributed by atoms with Crippen LogP contribution in [-0.4, -0.2) is 29.0 Å². The molecular formula is C12H18N4O. The average Bonchev–Trinajstić information content (AvgIpc) is 2.86. The highest BCUT2D eigenvalue weighted by Gasteiger charge is 2.32. The molecule has 1 aromatic heterocycles. The molecule has 1 aromatic rings. The fourth-order valence-corrected chi connectivity index (χ4v) is 2.36. The Balaban J connectivity index is 1.92. The highest BCUT2D eigenvalue weighted by molar-refractivity contribution is 5.93. The molecule has 92 valence electrons. The van der Waals surface area contributed by atoms with E-state index in [0.717, 1.165) is 12.8 Å². The molecular weight excluding hydrogens is 216 g/mol. The molecule has 5 nitrogen and oxygen atoms in total. The highest BCUT2D eigenvalue weighted by atomic mass is 16.1. The van der Waals surface area contributed by atoms with Crippen molar-refractivity contribution in [3.8, 4) is 0 Å². The minimum Gasteiger partial charge on any atom is -0.351 e. The van der Waals surface area contributed by atoms with Gasteiger partial charge >= 0.3 is 0 Å². The molecule has 1 aliphatic carbocycles. The topological polar surface area (TPSA) is 80.9 Å². The Morgan fingerprint density at radius 1 is 1.35 bits per heavy atom. The van der Waals surface area contributed by atoms with Crippen LogP contribution in [0, 0.1) is 5.41 Å². The van der Waals surface area contributed by atoms with E-state index in [9.17, 15) is 4.79 Å². The summed E-state index contributed by atoms with van der Waals surface area (Å²) in [5, 5.41) is 2.93. The summed E-state index contributed by atoms with van der Waals surface area (Å²) in [6, 6.07) is 0. The maximum atomic E-state index is 11.8. The molecule has 0 unspecified atom stereocenters. The largest absolute Gasteiger partial charge is 0.351 e. The quantitative estimate of drug-likeness (QED) is 0.804. The van der Waals surface area contributed by atoms with E-state index in [2.05, 4.69) is 15.3 Å². The number of nitrogens with zero attached hydrogens (tertiary/aromatic N) is 2. The predicted molar refractivity (Wildman–Crippen MR) is 64.3 cm³/mol. The Hall–Kier alpha value is -1.49. The summed E-state index contributed by atoms with van der Waals surface area (Å²) in [5.74, 6) is -0.120. The molecule has 0 atom stereocenters. The Kier molecular flexibility index (Phi) is 3.68. The molecule has 0 bridgehead atoms. The monoisotopic (exact) mass is 234 g/mol. The number of carbonyl (C=O) groups is 1. The molecule has 3 N–H and O–H groups in total. The Labute approximate surface area is 101 Å². The predicted octanol–water partition coefficient (Wildman–Crippen LogP) is 0.725. The van der Waals surface area contributed by atoms with Crippen LogP contribution in [0.1, 0.15) is 36.0 Å². The molecule has 0 aliphatic heterocycles. The fraction of sp³-hybridized carbons (Fsp3) is 0.583. The number of amides is 1. The number of rotatable bonds is 4. The lowest BCUT2D eigenvalue weighted by Gasteiger charge is -2.27. The van der Waals surface area contributed by atoms with Gasteiger partial charge in [-0.05, 0) is 24.8 Å². The van der Waals surface area contributed by atoms with Gasteiger partial charge in [-0.3, -0.25) is 4.79 Å². The van der Waals surface area contributed by atoms with Crippen molar-refractivity contribution >= 4 is 5.91 Å². The van der Waals surface area contributed by atoms with Crippen molar-refractivity contribution in [2.75, 3.05) is 13.1 Å². The van der Waals surface area contributed by atoms with E-state index in [-0.39, 0.29) is 11.3 Å². The van der Waals surface area contributed by atoms with E-state index in [1.165, 1.54) is 31.6 Å². The van der Waals surface area contributed by atoms with E-state index >= 15 is 0 Å². The minimum atomic E-state index is -0.120. The first kappa shape index (κ1) is 12.0. The van der Waals surface area contributed by atoms with Crippen LogP contribution in [0.5, 0.6) is 0 Å². The SMILES string of the molecule is NCC1(CNC(=O)c2cncnc2)CCCC1. The lowest BCUT2D eigenvalue weighted by Crippen LogP contribution is -2.40. The summed E-state index contributed by atoms with van der Waals surface area (Å²) in [4.78, 5) is 19.5. The smallest absolute Gasteiger partial charge is 0.254 e. The Morgan fingerprint density at radius 3 is 2.59 bits per heavy atom. The van der Waals surface area contributed by atoms with Crippen molar-refractivity contribution in [1.29, 1.82) is 0 Å². The third-order valence-electron chi connectivity index (χ3n) is 3.54. The number of nitrogens with two attached hydrogens (primary N) is 1. The zero-order valence-corrected chi connectivity index (χ0v) is 9.85. The second-order valence-corrected chi connectivity index (χ2v) is 4.72. The van der Waals surface area contributed by atoms with Gasteiger partial charge in [0.15, 0.2) is 0 Å². The van der Waals surface area contributed by atoms with Gasteiger partial charge in [0, 0.05) is 18.9 Å². The van der Waals surface area contributed by atoms with Crippen LogP contribution in [0.15, 0.2) is 18.7 Å². The van der Waals surface area contributed by atoms with E-state index < -0.39 is 0 Å². The minimum absolute atomic E-state index is 0.102. The van der Waals surface area contributed by atoms with Crippen molar-refractivity contribution in [3.05, 3.63) is 24.3 Å². The molecule has 1 aliphatic rings. The van der Waals surface area contributed by atoms with E-state index in [1.54, 1.807) is 0 Å². The normalized spacial score (nSPS) is 17.9. The molecule has 0 spiro atoms. The number of nitrogens with one attached hydrogen (secondary N) is 1. The lowest BCUT2D eigenvalue weighted by molar-refractivity contribution is 0.0931. The number of hydrogen-bond donors (Lipinski definition) is 2. The Bertz CT molecular complexity index is 373. The lowest BCUT2D eigenvalue weighted by atomic mass is 9.86. The van der Waals surface area contributed by atoms with Crippen molar-refractivity contribution in [2.45, 2.75) is 25.7 Å². The average molecular weight is 234 g/mol. The molecule has 5 heteroatoms. The second-order valence-electron chi connectivity index (χ2n) is 4.72. The second kappa shape index (κ2) is 5.23. The van der Waals surface area contributed by atoms with E-state index in [4.69, 9.17) is 5.73 Å². The molecule has 1 heterocycles. The van der Waals surface area contributed by atoms with Crippen LogP contribution in [0.2, 0.25) is 0 Å². The van der Waals surface area contributed by atoms with Crippen molar-refractivity contribution in [3.63, 3.8) is 0 Å². The summed E-state index contributed by atoms with van der Waals surface area (Å²) < 4.78 is 0. The van der Waals surface area contributed by atoms with Crippen LogP contribution in [0.3, 0.4) is 0 Å². The van der Waals surface area contributed by atoms with E-state index in [1.807, 2.05) is 0 Å². The zero-order chi connectivity index (χ0) is 12.1. The first-order chi connectivity index (χ1) is 8.26. The fourth-order valence-electron chi connectivity index (χ4n) is 2.36. The Morgan fingerprint density at radius 2 is 2.00 bits per heavy atom. The van der Waals surface area contributed by atoms with Gasteiger partial charge in [0.2, 0.25) is 0 Å². The van der Waals surface area contributed by atoms with Crippen molar-refractivity contribution in [2.24, 2.45) is 11.1 Å². The molecule has 1 fully saturated rings. The van der Waals surface area contributed by atoms with Gasteiger partial charge in [-0.2, -0.15) is 0 Å². The van der Waals surface area contributed by atoms with E-state index in [0.29, 0.717) is 18.7 Å². The van der Waals surface area contributed by atoms with Gasteiger partial charge in [-0.15, -0.1) is 0 Å². The molecule has 0 saturated heterocycles. The van der Waals surface area contributed by atoms with Crippen molar-refractivity contribution < 1.29 is 4.79 Å². The maximum Gasteiger partial charge on any atom is 0.254 e. The van der Waals surface area contributed by atoms with Gasteiger partial charge in [-0.1, -0.05) is 12.8 Å². The third kappa shape index (κ3) is 2.79. The first-order valence-corrected chi connectivity index (χ1v) is 5.99. The zero-order valence-electron chi connectivity index (χ0n) is 9.85. The van der Waals surface area contributed by atoms with Crippen LogP contribution in [0.25, 0.3) is 0 Å². The summed E-state index contributed by atoms with van der Waals surface area (Å²) in [6.07, 6.45) is 9.08. The summed E-state index contributed by atoms with van der Waals surface area (Å²) in [5.41, 5.74) is 6.42. The standard InChI is InChI=1S/C12H18N4O/c13-7-12(3-1-2-4-12)8-16-11(17)10-5-14-9-15-6-10/h5-6,9H,1-4,7-8,13H2,(H,16,17). The first-order valence-electron chi connectivity index (χ1n) is 5.99.